The number of aromatic nitrogens is 3. The average Bonchev–Trinajstić information content (AvgIpc) is 3.51. The lowest BCUT2D eigenvalue weighted by atomic mass is 10.0. The van der Waals surface area contributed by atoms with Gasteiger partial charge in [0.1, 0.15) is 17.1 Å². The minimum atomic E-state index is -0.967. The number of imide groups is 1. The van der Waals surface area contributed by atoms with E-state index in [1.807, 2.05) is 4.90 Å². The molecule has 41 heavy (non-hydrogen) atoms. The Hall–Kier alpha value is -3.75. The lowest BCUT2D eigenvalue weighted by Gasteiger charge is -2.28. The molecule has 0 radical (unpaired) electrons. The number of benzene rings is 1. The Kier molecular flexibility index (Phi) is 8.71. The van der Waals surface area contributed by atoms with Gasteiger partial charge in [0.2, 0.25) is 5.95 Å². The first-order valence-electron chi connectivity index (χ1n) is 13.4. The number of anilines is 3. The molecule has 0 spiro atoms. The SMILES string of the molecule is CC1(C)C(=O)NC(=O)N1CCNc1ncc(F)c(-c2cnc(N(CCCN3CCOCC3)c3ccc(F)cc3)s2)n1. The van der Waals surface area contributed by atoms with Gasteiger partial charge in [0.15, 0.2) is 10.9 Å². The quantitative estimate of drug-likeness (QED) is 0.326. The number of halogens is 2. The van der Waals surface area contributed by atoms with Crippen molar-refractivity contribution in [1.29, 1.82) is 0 Å². The van der Waals surface area contributed by atoms with Crippen molar-refractivity contribution in [3.8, 4) is 10.6 Å². The Balaban J connectivity index is 1.29. The molecule has 0 atom stereocenters. The van der Waals surface area contributed by atoms with E-state index in [1.54, 1.807) is 32.2 Å². The maximum Gasteiger partial charge on any atom is 0.325 e. The van der Waals surface area contributed by atoms with Crippen LogP contribution in [0.3, 0.4) is 0 Å². The van der Waals surface area contributed by atoms with Crippen molar-refractivity contribution < 1.29 is 23.1 Å². The summed E-state index contributed by atoms with van der Waals surface area (Å²) in [6.07, 6.45) is 3.50. The molecule has 2 aliphatic rings. The van der Waals surface area contributed by atoms with Gasteiger partial charge in [0.05, 0.1) is 24.3 Å². The monoisotopic (exact) mass is 586 g/mol. The predicted octanol–water partition coefficient (Wildman–Crippen LogP) is 3.48. The summed E-state index contributed by atoms with van der Waals surface area (Å²) in [6, 6.07) is 5.75. The second kappa shape index (κ2) is 12.4. The minimum Gasteiger partial charge on any atom is -0.379 e. The number of carbonyl (C=O) groups is 2. The first-order valence-corrected chi connectivity index (χ1v) is 14.2. The van der Waals surface area contributed by atoms with Crippen LogP contribution in [0.1, 0.15) is 20.3 Å². The second-order valence-corrected chi connectivity index (χ2v) is 11.2. The van der Waals surface area contributed by atoms with Crippen molar-refractivity contribution in [3.05, 3.63) is 48.3 Å². The Morgan fingerprint density at radius 2 is 1.85 bits per heavy atom. The van der Waals surface area contributed by atoms with E-state index < -0.39 is 17.4 Å². The van der Waals surface area contributed by atoms with E-state index in [0.717, 1.165) is 51.2 Å². The van der Waals surface area contributed by atoms with Crippen LogP contribution in [0.4, 0.5) is 30.3 Å². The third-order valence-electron chi connectivity index (χ3n) is 7.11. The average molecular weight is 587 g/mol. The number of urea groups is 1. The van der Waals surface area contributed by atoms with Gasteiger partial charge in [0.25, 0.3) is 5.91 Å². The maximum atomic E-state index is 14.9. The van der Waals surface area contributed by atoms with Crippen molar-refractivity contribution >= 4 is 40.0 Å². The molecule has 0 saturated carbocycles. The highest BCUT2D eigenvalue weighted by Crippen LogP contribution is 2.35. The van der Waals surface area contributed by atoms with E-state index in [1.165, 1.54) is 28.4 Å². The van der Waals surface area contributed by atoms with Crippen LogP contribution in [0.2, 0.25) is 0 Å². The van der Waals surface area contributed by atoms with Crippen molar-refractivity contribution in [2.24, 2.45) is 0 Å². The summed E-state index contributed by atoms with van der Waals surface area (Å²) in [6.45, 7) is 8.57. The Bertz CT molecular complexity index is 1380. The van der Waals surface area contributed by atoms with Crippen molar-refractivity contribution in [3.63, 3.8) is 0 Å². The van der Waals surface area contributed by atoms with Gasteiger partial charge < -0.3 is 19.9 Å². The molecule has 14 heteroatoms. The first-order chi connectivity index (χ1) is 19.7. The van der Waals surface area contributed by atoms with Crippen LogP contribution < -0.4 is 15.5 Å². The van der Waals surface area contributed by atoms with Gasteiger partial charge in [-0.1, -0.05) is 11.3 Å². The zero-order valence-electron chi connectivity index (χ0n) is 22.9. The van der Waals surface area contributed by atoms with Gasteiger partial charge in [-0.2, -0.15) is 0 Å². The van der Waals surface area contributed by atoms with E-state index in [4.69, 9.17) is 4.74 Å². The van der Waals surface area contributed by atoms with E-state index in [9.17, 15) is 18.4 Å². The van der Waals surface area contributed by atoms with E-state index in [0.29, 0.717) is 16.6 Å². The zero-order chi connectivity index (χ0) is 29.0. The Morgan fingerprint density at radius 1 is 1.10 bits per heavy atom. The van der Waals surface area contributed by atoms with Gasteiger partial charge in [0, 0.05) is 51.2 Å². The molecule has 2 aliphatic heterocycles. The molecule has 3 amide bonds. The lowest BCUT2D eigenvalue weighted by molar-refractivity contribution is -0.125. The van der Waals surface area contributed by atoms with Crippen LogP contribution in [0, 0.1) is 11.6 Å². The molecule has 218 valence electrons. The van der Waals surface area contributed by atoms with E-state index >= 15 is 0 Å². The summed E-state index contributed by atoms with van der Waals surface area (Å²) >= 11 is 1.28. The number of carbonyl (C=O) groups excluding carboxylic acids is 2. The fraction of sp³-hybridized carbons (Fsp3) is 0.444. The zero-order valence-corrected chi connectivity index (χ0v) is 23.7. The standard InChI is InChI=1S/C27H32F2N8O3S/c1-27(2)23(38)34-25(39)37(27)11-8-30-24-31-16-20(29)22(33-24)21-17-32-26(41-21)36(19-6-4-18(28)5-7-19)10-3-9-35-12-14-40-15-13-35/h4-7,16-17H,3,8-15H2,1-2H3,(H,30,31,33)(H,34,38,39). The van der Waals surface area contributed by atoms with Crippen LogP contribution in [0.25, 0.3) is 10.6 Å². The fourth-order valence-corrected chi connectivity index (χ4v) is 5.67. The molecule has 4 heterocycles. The highest BCUT2D eigenvalue weighted by Gasteiger charge is 2.45. The van der Waals surface area contributed by atoms with Gasteiger partial charge in [-0.15, -0.1) is 0 Å². The molecule has 0 aliphatic carbocycles. The molecule has 2 fully saturated rings. The molecule has 5 rings (SSSR count). The molecular weight excluding hydrogens is 554 g/mol. The summed E-state index contributed by atoms with van der Waals surface area (Å²) < 4.78 is 33.9. The number of ether oxygens (including phenoxy) is 1. The summed E-state index contributed by atoms with van der Waals surface area (Å²) in [5, 5.41) is 5.94. The topological polar surface area (TPSA) is 116 Å². The molecule has 2 saturated heterocycles. The number of nitrogens with zero attached hydrogens (tertiary/aromatic N) is 6. The number of rotatable bonds is 11. The molecular formula is C27H32F2N8O3S. The molecule has 2 aromatic heterocycles. The smallest absolute Gasteiger partial charge is 0.325 e. The third kappa shape index (κ3) is 6.60. The fourth-order valence-electron chi connectivity index (χ4n) is 4.71. The van der Waals surface area contributed by atoms with Gasteiger partial charge in [-0.25, -0.2) is 28.5 Å². The highest BCUT2D eigenvalue weighted by atomic mass is 32.1. The predicted molar refractivity (Wildman–Crippen MR) is 151 cm³/mol. The molecule has 11 nitrogen and oxygen atoms in total. The number of amides is 3. The Morgan fingerprint density at radius 3 is 2.56 bits per heavy atom. The number of hydrogen-bond acceptors (Lipinski definition) is 10. The van der Waals surface area contributed by atoms with Crippen LogP contribution in [-0.4, -0.2) is 94.7 Å². The summed E-state index contributed by atoms with van der Waals surface area (Å²) in [5.41, 5.74) is -0.0919. The molecule has 0 unspecified atom stereocenters. The van der Waals surface area contributed by atoms with Crippen LogP contribution in [0.5, 0.6) is 0 Å². The lowest BCUT2D eigenvalue weighted by Crippen LogP contribution is -2.46. The van der Waals surface area contributed by atoms with E-state index in [2.05, 4.69) is 30.5 Å². The normalized spacial score (nSPS) is 17.1. The maximum absolute atomic E-state index is 14.9. The minimum absolute atomic E-state index is 0.0908. The largest absolute Gasteiger partial charge is 0.379 e. The highest BCUT2D eigenvalue weighted by molar-refractivity contribution is 7.18. The number of hydrogen-bond donors (Lipinski definition) is 2. The van der Waals surface area contributed by atoms with Gasteiger partial charge in [-0.05, 0) is 44.5 Å². The van der Waals surface area contributed by atoms with Crippen LogP contribution in [-0.2, 0) is 9.53 Å². The van der Waals surface area contributed by atoms with Crippen molar-refractivity contribution in [1.82, 2.24) is 30.1 Å². The summed E-state index contributed by atoms with van der Waals surface area (Å²) in [4.78, 5) is 43.3. The van der Waals surface area contributed by atoms with Crippen LogP contribution in [0.15, 0.2) is 36.7 Å². The second-order valence-electron chi connectivity index (χ2n) is 10.2. The molecule has 3 aromatic rings. The first kappa shape index (κ1) is 28.8. The van der Waals surface area contributed by atoms with Crippen molar-refractivity contribution in [2.75, 3.05) is 62.7 Å². The number of nitrogens with one attached hydrogen (secondary N) is 2. The van der Waals surface area contributed by atoms with Crippen LogP contribution >= 0.6 is 11.3 Å². The van der Waals surface area contributed by atoms with Crippen molar-refractivity contribution in [2.45, 2.75) is 25.8 Å². The van der Waals surface area contributed by atoms with Gasteiger partial charge >= 0.3 is 6.03 Å². The van der Waals surface area contributed by atoms with Gasteiger partial charge in [-0.3, -0.25) is 15.0 Å². The number of thiazole rings is 1. The third-order valence-corrected chi connectivity index (χ3v) is 8.14. The summed E-state index contributed by atoms with van der Waals surface area (Å²) in [5.74, 6) is -1.11. The Labute approximate surface area is 240 Å². The molecule has 2 N–H and O–H groups in total. The number of morpholine rings is 1. The molecule has 1 aromatic carbocycles. The molecule has 0 bridgehead atoms. The van der Waals surface area contributed by atoms with E-state index in [-0.39, 0.29) is 36.5 Å². The summed E-state index contributed by atoms with van der Waals surface area (Å²) in [7, 11) is 0.